The van der Waals surface area contributed by atoms with Crippen molar-refractivity contribution < 1.29 is 23.6 Å². The van der Waals surface area contributed by atoms with Gasteiger partial charge in [-0.15, -0.1) is 0 Å². The average molecular weight is 441 g/mol. The summed E-state index contributed by atoms with van der Waals surface area (Å²) in [5, 5.41) is 0.931. The number of ether oxygens (including phenoxy) is 1. The van der Waals surface area contributed by atoms with Crippen molar-refractivity contribution in [3.05, 3.63) is 48.7 Å². The van der Waals surface area contributed by atoms with Gasteiger partial charge in [-0.05, 0) is 31.2 Å². The van der Waals surface area contributed by atoms with Crippen LogP contribution < -0.4 is 4.74 Å². The first-order chi connectivity index (χ1) is 14.8. The molecule has 4 heterocycles. The first kappa shape index (κ1) is 19.8. The minimum absolute atomic E-state index is 0.365. The van der Waals surface area contributed by atoms with E-state index in [9.17, 15) is 14.4 Å². The number of imidazole rings is 1. The molecule has 0 aliphatic rings. The second-order valence-corrected chi connectivity index (χ2v) is 8.52. The largest absolute Gasteiger partial charge is 0.497 e. The molecule has 5 rings (SSSR count). The molecule has 11 heteroatoms. The average Bonchev–Trinajstić information content (AvgIpc) is 3.38. The van der Waals surface area contributed by atoms with E-state index in [0.717, 1.165) is 33.3 Å². The molecule has 0 radical (unpaired) electrons. The van der Waals surface area contributed by atoms with Crippen molar-refractivity contribution in [2.75, 3.05) is 7.11 Å². The Morgan fingerprint density at radius 2 is 1.90 bits per heavy atom. The van der Waals surface area contributed by atoms with E-state index in [0.29, 0.717) is 17.1 Å². The van der Waals surface area contributed by atoms with E-state index in [2.05, 4.69) is 9.97 Å². The van der Waals surface area contributed by atoms with E-state index in [1.165, 1.54) is 0 Å². The van der Waals surface area contributed by atoms with E-state index in [4.69, 9.17) is 9.26 Å². The van der Waals surface area contributed by atoms with Gasteiger partial charge in [-0.25, -0.2) is 14.5 Å². The summed E-state index contributed by atoms with van der Waals surface area (Å²) in [5.41, 5.74) is 4.66. The van der Waals surface area contributed by atoms with Crippen molar-refractivity contribution in [1.82, 2.24) is 23.5 Å². The third-order valence-corrected chi connectivity index (χ3v) is 5.85. The Morgan fingerprint density at radius 3 is 2.65 bits per heavy atom. The molecule has 0 amide bonds. The van der Waals surface area contributed by atoms with Gasteiger partial charge in [-0.2, -0.15) is 0 Å². The van der Waals surface area contributed by atoms with E-state index < -0.39 is 7.82 Å². The SMILES string of the molecule is COc1ccc2c(c1)c(-c1cc3c(ncc4cnc(C)n43)n1COP(=O)(O)O)cn2C. The van der Waals surface area contributed by atoms with Crippen molar-refractivity contribution >= 4 is 35.4 Å². The lowest BCUT2D eigenvalue weighted by molar-refractivity contribution is 0.157. The molecule has 5 aromatic rings. The summed E-state index contributed by atoms with van der Waals surface area (Å²) in [6.07, 6.45) is 5.37. The Labute approximate surface area is 176 Å². The van der Waals surface area contributed by atoms with Crippen molar-refractivity contribution in [1.29, 1.82) is 0 Å². The van der Waals surface area contributed by atoms with Gasteiger partial charge in [0.15, 0.2) is 5.65 Å². The number of hydrogen-bond acceptors (Lipinski definition) is 5. The Kier molecular flexibility index (Phi) is 4.42. The Bertz CT molecular complexity index is 1510. The van der Waals surface area contributed by atoms with Gasteiger partial charge in [0.05, 0.1) is 36.2 Å². The summed E-state index contributed by atoms with van der Waals surface area (Å²) in [6.45, 7) is 1.52. The highest BCUT2D eigenvalue weighted by molar-refractivity contribution is 7.46. The number of aromatic nitrogens is 5. The molecule has 0 aliphatic carbocycles. The summed E-state index contributed by atoms with van der Waals surface area (Å²) in [4.78, 5) is 27.5. The molecule has 2 N–H and O–H groups in total. The van der Waals surface area contributed by atoms with Gasteiger partial charge >= 0.3 is 7.82 Å². The summed E-state index contributed by atoms with van der Waals surface area (Å²) in [5.74, 6) is 1.49. The fourth-order valence-electron chi connectivity index (χ4n) is 4.01. The summed E-state index contributed by atoms with van der Waals surface area (Å²) in [7, 11) is -1.14. The first-order valence-corrected chi connectivity index (χ1v) is 11.0. The number of benzene rings is 1. The smallest absolute Gasteiger partial charge is 0.471 e. The molecular weight excluding hydrogens is 421 g/mol. The molecule has 31 heavy (non-hydrogen) atoms. The van der Waals surface area contributed by atoms with Gasteiger partial charge in [0, 0.05) is 29.7 Å². The second kappa shape index (κ2) is 6.93. The van der Waals surface area contributed by atoms with Gasteiger partial charge in [0.2, 0.25) is 0 Å². The van der Waals surface area contributed by atoms with E-state index in [1.807, 2.05) is 53.4 Å². The van der Waals surface area contributed by atoms with Crippen LogP contribution in [0, 0.1) is 6.92 Å². The third kappa shape index (κ3) is 3.21. The van der Waals surface area contributed by atoms with Gasteiger partial charge < -0.3 is 19.1 Å². The molecule has 0 atom stereocenters. The van der Waals surface area contributed by atoms with Gasteiger partial charge in [0.25, 0.3) is 0 Å². The monoisotopic (exact) mass is 441 g/mol. The predicted octanol–water partition coefficient (Wildman–Crippen LogP) is 3.23. The number of nitrogens with zero attached hydrogens (tertiary/aromatic N) is 5. The Morgan fingerprint density at radius 1 is 1.13 bits per heavy atom. The molecule has 0 unspecified atom stereocenters. The van der Waals surface area contributed by atoms with E-state index in [1.54, 1.807) is 24.1 Å². The van der Waals surface area contributed by atoms with Crippen LogP contribution in [0.5, 0.6) is 5.75 Å². The van der Waals surface area contributed by atoms with E-state index >= 15 is 0 Å². The quantitative estimate of drug-likeness (QED) is 0.402. The normalized spacial score (nSPS) is 12.4. The zero-order valence-electron chi connectivity index (χ0n) is 17.1. The minimum atomic E-state index is -4.69. The van der Waals surface area contributed by atoms with Crippen LogP contribution in [0.25, 0.3) is 38.8 Å². The fraction of sp³-hybridized carbons (Fsp3) is 0.200. The molecule has 0 spiro atoms. The number of rotatable bonds is 5. The molecule has 160 valence electrons. The number of phosphoric acid groups is 1. The number of aryl methyl sites for hydroxylation is 2. The van der Waals surface area contributed by atoms with Crippen molar-refractivity contribution in [3.63, 3.8) is 0 Å². The van der Waals surface area contributed by atoms with Crippen molar-refractivity contribution in [2.24, 2.45) is 7.05 Å². The van der Waals surface area contributed by atoms with E-state index in [-0.39, 0.29) is 6.73 Å². The van der Waals surface area contributed by atoms with Crippen LogP contribution in [-0.2, 0) is 22.9 Å². The highest BCUT2D eigenvalue weighted by Crippen LogP contribution is 2.40. The maximum Gasteiger partial charge on any atom is 0.471 e. The zero-order chi connectivity index (χ0) is 21.9. The number of phosphoric ester groups is 1. The summed E-state index contributed by atoms with van der Waals surface area (Å²) >= 11 is 0. The Balaban J connectivity index is 1.83. The molecule has 10 nitrogen and oxygen atoms in total. The Hall–Kier alpha value is -3.17. The first-order valence-electron chi connectivity index (χ1n) is 9.42. The summed E-state index contributed by atoms with van der Waals surface area (Å²) < 4.78 is 27.3. The maximum absolute atomic E-state index is 11.4. The van der Waals surface area contributed by atoms with Gasteiger partial charge in [0.1, 0.15) is 18.3 Å². The van der Waals surface area contributed by atoms with Crippen LogP contribution in [0.3, 0.4) is 0 Å². The van der Waals surface area contributed by atoms with Crippen molar-refractivity contribution in [3.8, 4) is 17.0 Å². The standard InChI is InChI=1S/C20H20N5O5P/c1-12-21-8-13-9-22-20-19(25(12)13)7-18(24(20)11-30-31(26,27)28)16-10-23(2)17-5-4-14(29-3)6-15(16)17/h4-10H,11H2,1-3H3,(H2,26,27,28). The molecule has 0 saturated carbocycles. The van der Waals surface area contributed by atoms with Crippen LogP contribution in [0.2, 0.25) is 0 Å². The lowest BCUT2D eigenvalue weighted by Gasteiger charge is -2.11. The molecule has 4 aromatic heterocycles. The molecule has 0 aliphatic heterocycles. The molecule has 0 bridgehead atoms. The van der Waals surface area contributed by atoms with Crippen molar-refractivity contribution in [2.45, 2.75) is 13.7 Å². The topological polar surface area (TPSA) is 116 Å². The fourth-order valence-corrected chi connectivity index (χ4v) is 4.27. The molecular formula is C20H20N5O5P. The van der Waals surface area contributed by atoms with Gasteiger partial charge in [-0.1, -0.05) is 0 Å². The molecule has 1 aromatic carbocycles. The number of fused-ring (bicyclic) bond motifs is 4. The maximum atomic E-state index is 11.4. The van der Waals surface area contributed by atoms with Crippen LogP contribution in [-0.4, -0.2) is 40.4 Å². The highest BCUT2D eigenvalue weighted by atomic mass is 31.2. The van der Waals surface area contributed by atoms with Crippen LogP contribution in [0.4, 0.5) is 0 Å². The molecule has 0 saturated heterocycles. The number of hydrogen-bond donors (Lipinski definition) is 2. The zero-order valence-corrected chi connectivity index (χ0v) is 17.9. The highest BCUT2D eigenvalue weighted by Gasteiger charge is 2.22. The predicted molar refractivity (Wildman–Crippen MR) is 115 cm³/mol. The summed E-state index contributed by atoms with van der Waals surface area (Å²) in [6, 6.07) is 7.72. The lowest BCUT2D eigenvalue weighted by Crippen LogP contribution is -2.04. The van der Waals surface area contributed by atoms with Crippen LogP contribution in [0.1, 0.15) is 5.82 Å². The number of methoxy groups -OCH3 is 1. The third-order valence-electron chi connectivity index (χ3n) is 5.40. The van der Waals surface area contributed by atoms with Crippen LogP contribution in [0.15, 0.2) is 42.9 Å². The lowest BCUT2D eigenvalue weighted by atomic mass is 10.1. The minimum Gasteiger partial charge on any atom is -0.497 e. The van der Waals surface area contributed by atoms with Crippen LogP contribution >= 0.6 is 7.82 Å². The second-order valence-electron chi connectivity index (χ2n) is 7.28. The van der Waals surface area contributed by atoms with Gasteiger partial charge in [-0.3, -0.25) is 13.5 Å². The molecule has 0 fully saturated rings.